The Hall–Kier alpha value is -0.860. The average Bonchev–Trinajstić information content (AvgIpc) is 3.15. The number of hydrogen-bond acceptors (Lipinski definition) is 2. The van der Waals surface area contributed by atoms with Crippen LogP contribution in [0.5, 0.6) is 0 Å². The molecule has 0 bridgehead atoms. The fourth-order valence-electron chi connectivity index (χ4n) is 2.24. The number of benzene rings is 1. The molecule has 1 aliphatic carbocycles. The lowest BCUT2D eigenvalue weighted by molar-refractivity contribution is -0.0877. The first-order valence-corrected chi connectivity index (χ1v) is 6.04. The van der Waals surface area contributed by atoms with Gasteiger partial charge in [0, 0.05) is 19.4 Å². The van der Waals surface area contributed by atoms with E-state index in [0.717, 1.165) is 13.0 Å². The minimum atomic E-state index is -0.194. The SMILES string of the molecule is [CH]1COCCC1(OC1CC1)c1ccccc1. The topological polar surface area (TPSA) is 18.5 Å². The first kappa shape index (κ1) is 10.3. The van der Waals surface area contributed by atoms with Gasteiger partial charge in [0.05, 0.1) is 12.7 Å². The van der Waals surface area contributed by atoms with Crippen molar-refractivity contribution in [3.05, 3.63) is 42.3 Å². The molecular weight excluding hydrogens is 200 g/mol. The Labute approximate surface area is 96.6 Å². The quantitative estimate of drug-likeness (QED) is 0.775. The third-order valence-corrected chi connectivity index (χ3v) is 3.31. The highest BCUT2D eigenvalue weighted by Crippen LogP contribution is 2.41. The summed E-state index contributed by atoms with van der Waals surface area (Å²) >= 11 is 0. The van der Waals surface area contributed by atoms with Crippen LogP contribution in [0.25, 0.3) is 0 Å². The van der Waals surface area contributed by atoms with E-state index in [-0.39, 0.29) is 5.60 Å². The van der Waals surface area contributed by atoms with Crippen molar-refractivity contribution in [1.82, 2.24) is 0 Å². The summed E-state index contributed by atoms with van der Waals surface area (Å²) in [5.74, 6) is 0. The predicted octanol–water partition coefficient (Wildman–Crippen LogP) is 2.69. The lowest BCUT2D eigenvalue weighted by Crippen LogP contribution is -2.37. The molecule has 2 heteroatoms. The fourth-order valence-corrected chi connectivity index (χ4v) is 2.24. The first-order valence-electron chi connectivity index (χ1n) is 6.04. The summed E-state index contributed by atoms with van der Waals surface area (Å²) in [6, 6.07) is 10.5. The van der Waals surface area contributed by atoms with Crippen molar-refractivity contribution in [2.75, 3.05) is 13.2 Å². The lowest BCUT2D eigenvalue weighted by atomic mass is 9.86. The van der Waals surface area contributed by atoms with Crippen LogP contribution in [0.2, 0.25) is 0 Å². The van der Waals surface area contributed by atoms with Crippen molar-refractivity contribution in [3.63, 3.8) is 0 Å². The molecule has 1 radical (unpaired) electrons. The van der Waals surface area contributed by atoms with E-state index >= 15 is 0 Å². The molecule has 1 atom stereocenters. The van der Waals surface area contributed by atoms with E-state index in [1.165, 1.54) is 18.4 Å². The van der Waals surface area contributed by atoms with Gasteiger partial charge in [-0.3, -0.25) is 0 Å². The van der Waals surface area contributed by atoms with Crippen molar-refractivity contribution < 1.29 is 9.47 Å². The Morgan fingerprint density at radius 1 is 1.19 bits per heavy atom. The van der Waals surface area contributed by atoms with Crippen LogP contribution >= 0.6 is 0 Å². The zero-order valence-electron chi connectivity index (χ0n) is 9.39. The molecule has 1 heterocycles. The minimum absolute atomic E-state index is 0.194. The van der Waals surface area contributed by atoms with Crippen molar-refractivity contribution in [3.8, 4) is 0 Å². The normalized spacial score (nSPS) is 24.2. The maximum Gasteiger partial charge on any atom is 0.101 e. The van der Waals surface area contributed by atoms with E-state index in [9.17, 15) is 0 Å². The second-order valence-corrected chi connectivity index (χ2v) is 4.60. The van der Waals surface area contributed by atoms with Crippen LogP contribution in [0.3, 0.4) is 0 Å². The molecule has 2 nitrogen and oxygen atoms in total. The monoisotopic (exact) mass is 217 g/mol. The molecule has 2 fully saturated rings. The van der Waals surface area contributed by atoms with E-state index in [2.05, 4.69) is 30.7 Å². The highest BCUT2D eigenvalue weighted by molar-refractivity contribution is 5.27. The molecule has 2 aliphatic rings. The predicted molar refractivity (Wildman–Crippen MR) is 62.0 cm³/mol. The third-order valence-electron chi connectivity index (χ3n) is 3.31. The van der Waals surface area contributed by atoms with Crippen LogP contribution < -0.4 is 0 Å². The molecule has 0 amide bonds. The standard InChI is InChI=1S/C14H17O2/c1-2-4-12(5-3-1)14(16-13-6-7-13)8-10-15-11-9-14/h1-5,8,13H,6-7,9-11H2. The Morgan fingerprint density at radius 2 is 2.00 bits per heavy atom. The molecule has 1 aromatic carbocycles. The van der Waals surface area contributed by atoms with Gasteiger partial charge in [-0.05, 0) is 18.4 Å². The summed E-state index contributed by atoms with van der Waals surface area (Å²) in [6.07, 6.45) is 6.01. The second-order valence-electron chi connectivity index (χ2n) is 4.60. The number of hydrogen-bond donors (Lipinski definition) is 0. The van der Waals surface area contributed by atoms with E-state index < -0.39 is 0 Å². The van der Waals surface area contributed by atoms with Crippen molar-refractivity contribution in [2.45, 2.75) is 31.0 Å². The van der Waals surface area contributed by atoms with E-state index in [0.29, 0.717) is 12.7 Å². The molecule has 0 aromatic heterocycles. The average molecular weight is 217 g/mol. The van der Waals surface area contributed by atoms with Crippen LogP contribution in [-0.4, -0.2) is 19.3 Å². The Balaban J connectivity index is 1.87. The largest absolute Gasteiger partial charge is 0.381 e. The van der Waals surface area contributed by atoms with E-state index in [4.69, 9.17) is 9.47 Å². The van der Waals surface area contributed by atoms with E-state index in [1.807, 2.05) is 6.07 Å². The van der Waals surface area contributed by atoms with Crippen LogP contribution in [0.4, 0.5) is 0 Å². The van der Waals surface area contributed by atoms with Crippen LogP contribution in [-0.2, 0) is 15.1 Å². The van der Waals surface area contributed by atoms with Gasteiger partial charge in [-0.2, -0.15) is 0 Å². The highest BCUT2D eigenvalue weighted by Gasteiger charge is 2.40. The van der Waals surface area contributed by atoms with Gasteiger partial charge in [-0.1, -0.05) is 30.3 Å². The van der Waals surface area contributed by atoms with Gasteiger partial charge in [0.15, 0.2) is 0 Å². The molecule has 1 aliphatic heterocycles. The highest BCUT2D eigenvalue weighted by atomic mass is 16.5. The summed E-state index contributed by atoms with van der Waals surface area (Å²) in [4.78, 5) is 0. The van der Waals surface area contributed by atoms with Crippen LogP contribution in [0, 0.1) is 6.42 Å². The molecule has 16 heavy (non-hydrogen) atoms. The molecular formula is C14H17O2. The third kappa shape index (κ3) is 2.00. The zero-order chi connectivity index (χ0) is 10.8. The molecule has 1 saturated carbocycles. The Morgan fingerprint density at radius 3 is 2.62 bits per heavy atom. The second kappa shape index (κ2) is 4.19. The Kier molecular flexibility index (Phi) is 2.70. The number of ether oxygens (including phenoxy) is 2. The summed E-state index contributed by atoms with van der Waals surface area (Å²) in [6.45, 7) is 1.49. The van der Waals surface area contributed by atoms with Gasteiger partial charge in [0.25, 0.3) is 0 Å². The molecule has 0 N–H and O–H groups in total. The fraction of sp³-hybridized carbons (Fsp3) is 0.500. The maximum atomic E-state index is 6.24. The molecule has 1 unspecified atom stereocenters. The van der Waals surface area contributed by atoms with Crippen molar-refractivity contribution >= 4 is 0 Å². The molecule has 1 saturated heterocycles. The summed E-state index contributed by atoms with van der Waals surface area (Å²) in [5.41, 5.74) is 1.07. The minimum Gasteiger partial charge on any atom is -0.381 e. The van der Waals surface area contributed by atoms with Gasteiger partial charge < -0.3 is 9.47 Å². The van der Waals surface area contributed by atoms with Gasteiger partial charge in [-0.25, -0.2) is 0 Å². The first-order chi connectivity index (χ1) is 7.89. The van der Waals surface area contributed by atoms with Crippen LogP contribution in [0.15, 0.2) is 30.3 Å². The number of rotatable bonds is 3. The Bertz CT molecular complexity index is 337. The molecule has 1 aromatic rings. The van der Waals surface area contributed by atoms with E-state index in [1.54, 1.807) is 0 Å². The summed E-state index contributed by atoms with van der Waals surface area (Å²) in [5, 5.41) is 0. The maximum absolute atomic E-state index is 6.24. The van der Waals surface area contributed by atoms with Gasteiger partial charge in [0.2, 0.25) is 0 Å². The molecule has 3 rings (SSSR count). The summed E-state index contributed by atoms with van der Waals surface area (Å²) in [7, 11) is 0. The summed E-state index contributed by atoms with van der Waals surface area (Å²) < 4.78 is 11.7. The smallest absolute Gasteiger partial charge is 0.101 e. The zero-order valence-corrected chi connectivity index (χ0v) is 9.39. The van der Waals surface area contributed by atoms with Gasteiger partial charge >= 0.3 is 0 Å². The van der Waals surface area contributed by atoms with Crippen molar-refractivity contribution in [1.29, 1.82) is 0 Å². The van der Waals surface area contributed by atoms with Gasteiger partial charge in [-0.15, -0.1) is 0 Å². The lowest BCUT2D eigenvalue weighted by Gasteiger charge is -2.37. The molecule has 0 spiro atoms. The van der Waals surface area contributed by atoms with Gasteiger partial charge in [0.1, 0.15) is 5.60 Å². The van der Waals surface area contributed by atoms with Crippen molar-refractivity contribution in [2.24, 2.45) is 0 Å². The van der Waals surface area contributed by atoms with Crippen LogP contribution in [0.1, 0.15) is 24.8 Å². The molecule has 85 valence electrons.